The average molecular weight is 337 g/mol. The zero-order valence-corrected chi connectivity index (χ0v) is 13.5. The Bertz CT molecular complexity index is 1010. The van der Waals surface area contributed by atoms with E-state index in [0.717, 1.165) is 5.56 Å². The van der Waals surface area contributed by atoms with Gasteiger partial charge in [0.1, 0.15) is 11.3 Å². The highest BCUT2D eigenvalue weighted by atomic mass is 16.5. The molecule has 1 aliphatic rings. The van der Waals surface area contributed by atoms with Crippen molar-refractivity contribution in [2.75, 3.05) is 18.1 Å². The van der Waals surface area contributed by atoms with Gasteiger partial charge in [0, 0.05) is 24.5 Å². The summed E-state index contributed by atoms with van der Waals surface area (Å²) in [6, 6.07) is 8.69. The molecule has 0 bridgehead atoms. The first-order chi connectivity index (χ1) is 12.1. The average Bonchev–Trinajstić information content (AvgIpc) is 3.05. The van der Waals surface area contributed by atoms with Crippen LogP contribution in [-0.4, -0.2) is 39.5 Å². The SMILES string of the molecule is CCN1C(=O)COc2ccc(-c3cn4cccc(C(=O)O)c4n3)cc21. The number of ether oxygens (including phenoxy) is 1. The number of nitrogens with zero attached hydrogens (tertiary/aromatic N) is 3. The molecule has 7 nitrogen and oxygen atoms in total. The number of imidazole rings is 1. The van der Waals surface area contributed by atoms with Crippen molar-refractivity contribution in [3.8, 4) is 17.0 Å². The standard InChI is InChI=1S/C18H15N3O4/c1-2-21-14-8-11(5-6-15(14)25-10-16(21)22)13-9-20-7-3-4-12(18(23)24)17(20)19-13/h3-9H,2,10H2,1H3,(H,23,24). The topological polar surface area (TPSA) is 84.1 Å². The Hall–Kier alpha value is -3.35. The maximum atomic E-state index is 12.0. The molecule has 0 radical (unpaired) electrons. The van der Waals surface area contributed by atoms with E-state index in [-0.39, 0.29) is 18.1 Å². The van der Waals surface area contributed by atoms with Crippen molar-refractivity contribution in [3.05, 3.63) is 48.3 Å². The summed E-state index contributed by atoms with van der Waals surface area (Å²) >= 11 is 0. The van der Waals surface area contributed by atoms with Crippen LogP contribution in [0.15, 0.2) is 42.7 Å². The van der Waals surface area contributed by atoms with Crippen LogP contribution in [0.1, 0.15) is 17.3 Å². The molecule has 0 saturated carbocycles. The van der Waals surface area contributed by atoms with Gasteiger partial charge in [0.2, 0.25) is 0 Å². The Labute approximate surface area is 143 Å². The summed E-state index contributed by atoms with van der Waals surface area (Å²) in [5.41, 5.74) is 2.63. The second-order valence-corrected chi connectivity index (χ2v) is 5.69. The zero-order chi connectivity index (χ0) is 17.6. The fourth-order valence-electron chi connectivity index (χ4n) is 3.03. The lowest BCUT2D eigenvalue weighted by Crippen LogP contribution is -2.38. The van der Waals surface area contributed by atoms with Crippen LogP contribution >= 0.6 is 0 Å². The van der Waals surface area contributed by atoms with E-state index in [4.69, 9.17) is 4.74 Å². The third-order valence-corrected chi connectivity index (χ3v) is 4.23. The fraction of sp³-hybridized carbons (Fsp3) is 0.167. The molecule has 0 fully saturated rings. The summed E-state index contributed by atoms with van der Waals surface area (Å²) in [5.74, 6) is -0.458. The van der Waals surface area contributed by atoms with E-state index in [1.165, 1.54) is 6.07 Å². The van der Waals surface area contributed by atoms with Crippen molar-refractivity contribution in [2.45, 2.75) is 6.92 Å². The summed E-state index contributed by atoms with van der Waals surface area (Å²) in [5, 5.41) is 9.30. The van der Waals surface area contributed by atoms with Gasteiger partial charge < -0.3 is 19.1 Å². The van der Waals surface area contributed by atoms with Gasteiger partial charge in [0.05, 0.1) is 11.4 Å². The van der Waals surface area contributed by atoms with E-state index >= 15 is 0 Å². The van der Waals surface area contributed by atoms with Gasteiger partial charge in [0.25, 0.3) is 5.91 Å². The molecule has 3 aromatic rings. The number of carbonyl (C=O) groups is 2. The number of hydrogen-bond acceptors (Lipinski definition) is 4. The molecule has 0 unspecified atom stereocenters. The van der Waals surface area contributed by atoms with Crippen molar-refractivity contribution in [1.82, 2.24) is 9.38 Å². The number of benzene rings is 1. The summed E-state index contributed by atoms with van der Waals surface area (Å²) in [6.45, 7) is 2.49. The minimum absolute atomic E-state index is 0.0382. The number of fused-ring (bicyclic) bond motifs is 2. The van der Waals surface area contributed by atoms with Crippen LogP contribution in [0.25, 0.3) is 16.9 Å². The molecular weight excluding hydrogens is 322 g/mol. The molecule has 1 aliphatic heterocycles. The number of aromatic nitrogens is 2. The Morgan fingerprint density at radius 3 is 2.96 bits per heavy atom. The molecule has 1 aromatic carbocycles. The molecule has 7 heteroatoms. The molecule has 2 aromatic heterocycles. The van der Waals surface area contributed by atoms with Crippen molar-refractivity contribution in [3.63, 3.8) is 0 Å². The Morgan fingerprint density at radius 2 is 2.20 bits per heavy atom. The molecule has 3 heterocycles. The Kier molecular flexibility index (Phi) is 3.42. The van der Waals surface area contributed by atoms with Gasteiger partial charge in [-0.1, -0.05) is 0 Å². The molecule has 0 aliphatic carbocycles. The molecule has 4 rings (SSSR count). The van der Waals surface area contributed by atoms with E-state index in [2.05, 4.69) is 4.98 Å². The fourth-order valence-corrected chi connectivity index (χ4v) is 3.03. The molecule has 0 atom stereocenters. The molecule has 1 amide bonds. The first kappa shape index (κ1) is 15.2. The predicted molar refractivity (Wildman–Crippen MR) is 91.1 cm³/mol. The van der Waals surface area contributed by atoms with Crippen LogP contribution in [0.4, 0.5) is 5.69 Å². The minimum atomic E-state index is -1.02. The normalized spacial score (nSPS) is 13.6. The first-order valence-electron chi connectivity index (χ1n) is 7.87. The maximum Gasteiger partial charge on any atom is 0.339 e. The van der Waals surface area contributed by atoms with Crippen molar-refractivity contribution < 1.29 is 19.4 Å². The number of carboxylic acids is 1. The van der Waals surface area contributed by atoms with Gasteiger partial charge in [-0.15, -0.1) is 0 Å². The third-order valence-electron chi connectivity index (χ3n) is 4.23. The number of hydrogen-bond donors (Lipinski definition) is 1. The number of carboxylic acid groups (broad SMARTS) is 1. The molecule has 0 saturated heterocycles. The van der Waals surface area contributed by atoms with Gasteiger partial charge in [-0.3, -0.25) is 4.79 Å². The van der Waals surface area contributed by atoms with Gasteiger partial charge in [0.15, 0.2) is 12.3 Å². The zero-order valence-electron chi connectivity index (χ0n) is 13.5. The van der Waals surface area contributed by atoms with Crippen LogP contribution in [0.5, 0.6) is 5.75 Å². The number of pyridine rings is 1. The van der Waals surface area contributed by atoms with E-state index in [9.17, 15) is 14.7 Å². The number of amides is 1. The number of anilines is 1. The summed E-state index contributed by atoms with van der Waals surface area (Å²) in [4.78, 5) is 29.5. The summed E-state index contributed by atoms with van der Waals surface area (Å²) in [7, 11) is 0. The molecule has 126 valence electrons. The van der Waals surface area contributed by atoms with Gasteiger partial charge in [-0.25, -0.2) is 9.78 Å². The number of carbonyl (C=O) groups excluding carboxylic acids is 1. The number of rotatable bonds is 3. The van der Waals surface area contributed by atoms with Crippen molar-refractivity contribution in [1.29, 1.82) is 0 Å². The monoisotopic (exact) mass is 337 g/mol. The van der Waals surface area contributed by atoms with E-state index < -0.39 is 5.97 Å². The highest BCUT2D eigenvalue weighted by molar-refractivity contribution is 5.98. The third kappa shape index (κ3) is 2.40. The van der Waals surface area contributed by atoms with Gasteiger partial charge >= 0.3 is 5.97 Å². The van der Waals surface area contributed by atoms with Crippen LogP contribution in [0.2, 0.25) is 0 Å². The molecule has 25 heavy (non-hydrogen) atoms. The minimum Gasteiger partial charge on any atom is -0.482 e. The predicted octanol–water partition coefficient (Wildman–Crippen LogP) is 2.44. The molecule has 1 N–H and O–H groups in total. The number of likely N-dealkylation sites (N-methyl/N-ethyl adjacent to an activating group) is 1. The van der Waals surface area contributed by atoms with Crippen LogP contribution < -0.4 is 9.64 Å². The first-order valence-corrected chi connectivity index (χ1v) is 7.87. The Morgan fingerprint density at radius 1 is 1.36 bits per heavy atom. The summed E-state index contributed by atoms with van der Waals surface area (Å²) < 4.78 is 7.15. The van der Waals surface area contributed by atoms with E-state index in [1.54, 1.807) is 27.8 Å². The van der Waals surface area contributed by atoms with Crippen LogP contribution in [0, 0.1) is 0 Å². The summed E-state index contributed by atoms with van der Waals surface area (Å²) in [6.07, 6.45) is 3.52. The molecular formula is C18H15N3O4. The van der Waals surface area contributed by atoms with E-state index in [0.29, 0.717) is 29.3 Å². The van der Waals surface area contributed by atoms with Crippen molar-refractivity contribution in [2.24, 2.45) is 0 Å². The highest BCUT2D eigenvalue weighted by Gasteiger charge is 2.25. The quantitative estimate of drug-likeness (QED) is 0.793. The smallest absolute Gasteiger partial charge is 0.339 e. The highest BCUT2D eigenvalue weighted by Crippen LogP contribution is 2.35. The van der Waals surface area contributed by atoms with Gasteiger partial charge in [-0.05, 0) is 37.3 Å². The maximum absolute atomic E-state index is 12.0. The van der Waals surface area contributed by atoms with E-state index in [1.807, 2.05) is 25.1 Å². The molecule has 0 spiro atoms. The lowest BCUT2D eigenvalue weighted by Gasteiger charge is -2.28. The lowest BCUT2D eigenvalue weighted by atomic mass is 10.1. The number of aromatic carboxylic acids is 1. The van der Waals surface area contributed by atoms with Crippen LogP contribution in [-0.2, 0) is 4.79 Å². The van der Waals surface area contributed by atoms with Gasteiger partial charge in [-0.2, -0.15) is 0 Å². The second kappa shape index (κ2) is 5.62. The second-order valence-electron chi connectivity index (χ2n) is 5.69. The largest absolute Gasteiger partial charge is 0.482 e. The lowest BCUT2D eigenvalue weighted by molar-refractivity contribution is -0.121. The van der Waals surface area contributed by atoms with Crippen LogP contribution in [0.3, 0.4) is 0 Å². The Balaban J connectivity index is 1.84. The van der Waals surface area contributed by atoms with Crippen molar-refractivity contribution >= 4 is 23.2 Å².